The fraction of sp³-hybridized carbons (Fsp3) is 0.125. The van der Waals surface area contributed by atoms with Gasteiger partial charge in [0.2, 0.25) is 0 Å². The Labute approximate surface area is 121 Å². The molecule has 1 aliphatic heterocycles. The van der Waals surface area contributed by atoms with Crippen LogP contribution in [-0.2, 0) is 0 Å². The van der Waals surface area contributed by atoms with E-state index in [-0.39, 0.29) is 0 Å². The molecule has 0 saturated heterocycles. The van der Waals surface area contributed by atoms with Crippen molar-refractivity contribution in [2.75, 3.05) is 13.1 Å². The van der Waals surface area contributed by atoms with Crippen LogP contribution in [-0.4, -0.2) is 28.9 Å². The van der Waals surface area contributed by atoms with Gasteiger partial charge in [0.05, 0.1) is 23.8 Å². The van der Waals surface area contributed by atoms with Gasteiger partial charge in [0.25, 0.3) is 0 Å². The molecule has 2 N–H and O–H groups in total. The number of aromatic amines is 1. The van der Waals surface area contributed by atoms with Crippen LogP contribution in [0.1, 0.15) is 17.1 Å². The molecule has 0 atom stereocenters. The van der Waals surface area contributed by atoms with Gasteiger partial charge in [-0.25, -0.2) is 4.98 Å². The third-order valence-corrected chi connectivity index (χ3v) is 3.40. The number of aliphatic imine (C=N–C) groups is 1. The third kappa shape index (κ3) is 2.33. The van der Waals surface area contributed by atoms with Crippen molar-refractivity contribution in [1.29, 1.82) is 0 Å². The summed E-state index contributed by atoms with van der Waals surface area (Å²) >= 11 is 0. The lowest BCUT2D eigenvalue weighted by Crippen LogP contribution is -2.19. The molecular weight excluding hydrogens is 264 g/mol. The molecule has 5 nitrogen and oxygen atoms in total. The Morgan fingerprint density at radius 3 is 3.00 bits per heavy atom. The minimum Gasteiger partial charge on any atom is -0.465 e. The Morgan fingerprint density at radius 2 is 2.19 bits per heavy atom. The van der Waals surface area contributed by atoms with Crippen molar-refractivity contribution in [2.45, 2.75) is 0 Å². The zero-order valence-electron chi connectivity index (χ0n) is 11.3. The molecule has 0 saturated carbocycles. The molecule has 104 valence electrons. The molecular formula is C16H14N4O. The molecule has 0 amide bonds. The van der Waals surface area contributed by atoms with Gasteiger partial charge >= 0.3 is 0 Å². The number of H-pyrrole nitrogens is 1. The summed E-state index contributed by atoms with van der Waals surface area (Å²) in [5.41, 5.74) is 3.03. The number of benzene rings is 1. The molecule has 0 aliphatic carbocycles. The van der Waals surface area contributed by atoms with Crippen molar-refractivity contribution in [3.8, 4) is 0 Å². The van der Waals surface area contributed by atoms with Gasteiger partial charge in [-0.15, -0.1) is 0 Å². The first-order valence-corrected chi connectivity index (χ1v) is 6.88. The lowest BCUT2D eigenvalue weighted by Gasteiger charge is -2.01. The maximum atomic E-state index is 5.26. The smallest absolute Gasteiger partial charge is 0.131 e. The van der Waals surface area contributed by atoms with Crippen molar-refractivity contribution in [3.63, 3.8) is 0 Å². The number of imidazole rings is 1. The summed E-state index contributed by atoms with van der Waals surface area (Å²) in [6.45, 7) is 1.75. The first-order valence-electron chi connectivity index (χ1n) is 6.88. The zero-order valence-corrected chi connectivity index (χ0v) is 11.3. The van der Waals surface area contributed by atoms with E-state index in [4.69, 9.17) is 4.42 Å². The summed E-state index contributed by atoms with van der Waals surface area (Å²) in [6, 6.07) is 9.89. The van der Waals surface area contributed by atoms with Crippen LogP contribution < -0.4 is 5.32 Å². The molecule has 1 aromatic carbocycles. The number of hydrogen-bond donors (Lipinski definition) is 2. The van der Waals surface area contributed by atoms with Gasteiger partial charge in [-0.2, -0.15) is 0 Å². The summed E-state index contributed by atoms with van der Waals surface area (Å²) in [4.78, 5) is 12.3. The minimum atomic E-state index is 0.805. The molecule has 2 aromatic heterocycles. The van der Waals surface area contributed by atoms with Crippen molar-refractivity contribution < 1.29 is 4.42 Å². The number of hydrogen-bond acceptors (Lipinski definition) is 4. The monoisotopic (exact) mass is 278 g/mol. The highest BCUT2D eigenvalue weighted by atomic mass is 16.3. The van der Waals surface area contributed by atoms with Gasteiger partial charge in [-0.05, 0) is 42.5 Å². The quantitative estimate of drug-likeness (QED) is 0.774. The highest BCUT2D eigenvalue weighted by Crippen LogP contribution is 2.16. The predicted octanol–water partition coefficient (Wildman–Crippen LogP) is 2.68. The fourth-order valence-electron chi connectivity index (χ4n) is 2.39. The second-order valence-corrected chi connectivity index (χ2v) is 4.86. The summed E-state index contributed by atoms with van der Waals surface area (Å²) in [7, 11) is 0. The summed E-state index contributed by atoms with van der Waals surface area (Å²) < 4.78 is 5.26. The molecule has 0 unspecified atom stereocenters. The van der Waals surface area contributed by atoms with Crippen molar-refractivity contribution in [2.24, 2.45) is 4.99 Å². The highest BCUT2D eigenvalue weighted by Gasteiger charge is 2.09. The lowest BCUT2D eigenvalue weighted by atomic mass is 10.2. The largest absolute Gasteiger partial charge is 0.465 e. The normalized spacial score (nSPS) is 14.8. The molecule has 3 aromatic rings. The molecule has 5 heteroatoms. The van der Waals surface area contributed by atoms with E-state index in [1.54, 1.807) is 6.26 Å². The SMILES string of the molecule is C(=C\c1ccco1)/c1nc2ccc(C3=NCCN3)cc2[nH]1. The van der Waals surface area contributed by atoms with Gasteiger partial charge in [-0.3, -0.25) is 4.99 Å². The Hall–Kier alpha value is -2.82. The molecule has 4 rings (SSSR count). The third-order valence-electron chi connectivity index (χ3n) is 3.40. The predicted molar refractivity (Wildman–Crippen MR) is 83.1 cm³/mol. The number of nitrogens with one attached hydrogen (secondary N) is 2. The van der Waals surface area contributed by atoms with Gasteiger partial charge in [0, 0.05) is 12.1 Å². The summed E-state index contributed by atoms with van der Waals surface area (Å²) in [6.07, 6.45) is 5.45. The van der Waals surface area contributed by atoms with Crippen LogP contribution in [0.4, 0.5) is 0 Å². The number of rotatable bonds is 3. The number of nitrogens with zero attached hydrogens (tertiary/aromatic N) is 2. The van der Waals surface area contributed by atoms with Crippen LogP contribution >= 0.6 is 0 Å². The zero-order chi connectivity index (χ0) is 14.1. The molecule has 21 heavy (non-hydrogen) atoms. The van der Waals surface area contributed by atoms with Crippen LogP contribution in [0.25, 0.3) is 23.2 Å². The Balaban J connectivity index is 1.66. The van der Waals surface area contributed by atoms with Gasteiger partial charge in [0.1, 0.15) is 17.4 Å². The standard InChI is InChI=1S/C16H14N4O/c1-2-12(21-9-1)4-6-15-19-13-5-3-11(10-14(13)20-15)16-17-7-8-18-16/h1-6,9-10H,7-8H2,(H,17,18)(H,19,20)/b6-4+. The second kappa shape index (κ2) is 4.94. The Morgan fingerprint density at radius 1 is 1.19 bits per heavy atom. The second-order valence-electron chi connectivity index (χ2n) is 4.86. The first-order chi connectivity index (χ1) is 10.4. The molecule has 3 heterocycles. The number of furan rings is 1. The van der Waals surface area contributed by atoms with Crippen LogP contribution in [0.5, 0.6) is 0 Å². The number of aromatic nitrogens is 2. The van der Waals surface area contributed by atoms with Crippen LogP contribution in [0.2, 0.25) is 0 Å². The van der Waals surface area contributed by atoms with Crippen LogP contribution in [0.3, 0.4) is 0 Å². The summed E-state index contributed by atoms with van der Waals surface area (Å²) in [5.74, 6) is 2.57. The van der Waals surface area contributed by atoms with E-state index in [0.29, 0.717) is 0 Å². The Bertz CT molecular complexity index is 827. The average molecular weight is 278 g/mol. The molecule has 0 fully saturated rings. The Kier molecular flexibility index (Phi) is 2.81. The van der Waals surface area contributed by atoms with Crippen LogP contribution in [0.15, 0.2) is 46.0 Å². The van der Waals surface area contributed by atoms with Gasteiger partial charge in [-0.1, -0.05) is 0 Å². The van der Waals surface area contributed by atoms with E-state index in [2.05, 4.69) is 26.3 Å². The maximum absolute atomic E-state index is 5.26. The van der Waals surface area contributed by atoms with Gasteiger partial charge < -0.3 is 14.7 Å². The minimum absolute atomic E-state index is 0.805. The number of amidine groups is 1. The molecule has 0 spiro atoms. The summed E-state index contributed by atoms with van der Waals surface area (Å²) in [5, 5.41) is 3.28. The van der Waals surface area contributed by atoms with E-state index in [1.807, 2.05) is 36.4 Å². The van der Waals surface area contributed by atoms with E-state index >= 15 is 0 Å². The molecule has 0 bridgehead atoms. The lowest BCUT2D eigenvalue weighted by molar-refractivity contribution is 0.557. The highest BCUT2D eigenvalue weighted by molar-refractivity contribution is 6.02. The average Bonchev–Trinajstić information content (AvgIpc) is 3.24. The number of fused-ring (bicyclic) bond motifs is 1. The first kappa shape index (κ1) is 12.0. The molecule has 0 radical (unpaired) electrons. The van der Waals surface area contributed by atoms with E-state index in [0.717, 1.165) is 47.1 Å². The van der Waals surface area contributed by atoms with Gasteiger partial charge in [0.15, 0.2) is 0 Å². The molecule has 1 aliphatic rings. The topological polar surface area (TPSA) is 66.2 Å². The van der Waals surface area contributed by atoms with Crippen molar-refractivity contribution in [1.82, 2.24) is 15.3 Å². The van der Waals surface area contributed by atoms with E-state index in [9.17, 15) is 0 Å². The van der Waals surface area contributed by atoms with Crippen molar-refractivity contribution >= 4 is 29.0 Å². The maximum Gasteiger partial charge on any atom is 0.131 e. The van der Waals surface area contributed by atoms with E-state index < -0.39 is 0 Å². The van der Waals surface area contributed by atoms with Crippen LogP contribution in [0, 0.1) is 0 Å². The fourth-order valence-corrected chi connectivity index (χ4v) is 2.39. The van der Waals surface area contributed by atoms with E-state index in [1.165, 1.54) is 0 Å². The van der Waals surface area contributed by atoms with Crippen molar-refractivity contribution in [3.05, 3.63) is 53.7 Å².